The molecule has 8 heteroatoms. The SMILES string of the molecule is Cc1cc(CNS(=O)(=O)c2cc(CO)ccc2F)on1. The zero-order chi connectivity index (χ0) is 14.8. The van der Waals surface area contributed by atoms with Gasteiger partial charge in [0, 0.05) is 6.07 Å². The fourth-order valence-corrected chi connectivity index (χ4v) is 2.71. The van der Waals surface area contributed by atoms with E-state index in [9.17, 15) is 12.8 Å². The van der Waals surface area contributed by atoms with Gasteiger partial charge >= 0.3 is 0 Å². The first-order chi connectivity index (χ1) is 9.42. The Morgan fingerprint density at radius 2 is 2.15 bits per heavy atom. The van der Waals surface area contributed by atoms with E-state index in [4.69, 9.17) is 9.63 Å². The van der Waals surface area contributed by atoms with Gasteiger partial charge in [-0.05, 0) is 24.6 Å². The Hall–Kier alpha value is -1.77. The van der Waals surface area contributed by atoms with Crippen molar-refractivity contribution in [2.24, 2.45) is 0 Å². The van der Waals surface area contributed by atoms with Crippen molar-refractivity contribution in [2.75, 3.05) is 0 Å². The molecule has 0 saturated heterocycles. The molecule has 0 radical (unpaired) electrons. The molecule has 0 amide bonds. The fraction of sp³-hybridized carbons (Fsp3) is 0.250. The van der Waals surface area contributed by atoms with Crippen molar-refractivity contribution < 1.29 is 22.4 Å². The highest BCUT2D eigenvalue weighted by Crippen LogP contribution is 2.17. The maximum atomic E-state index is 13.6. The van der Waals surface area contributed by atoms with Crippen molar-refractivity contribution in [3.8, 4) is 0 Å². The lowest BCUT2D eigenvalue weighted by Crippen LogP contribution is -2.24. The first kappa shape index (κ1) is 14.6. The van der Waals surface area contributed by atoms with Gasteiger partial charge in [-0.1, -0.05) is 11.2 Å². The van der Waals surface area contributed by atoms with E-state index in [1.807, 2.05) is 0 Å². The largest absolute Gasteiger partial charge is 0.392 e. The van der Waals surface area contributed by atoms with Crippen molar-refractivity contribution >= 4 is 10.0 Å². The molecule has 0 fully saturated rings. The maximum absolute atomic E-state index is 13.6. The number of aliphatic hydroxyl groups excluding tert-OH is 1. The molecule has 0 saturated carbocycles. The van der Waals surface area contributed by atoms with E-state index in [0.717, 1.165) is 12.1 Å². The molecule has 1 aromatic heterocycles. The van der Waals surface area contributed by atoms with Crippen LogP contribution >= 0.6 is 0 Å². The molecule has 0 aliphatic heterocycles. The molecular formula is C12H13FN2O4S. The van der Waals surface area contributed by atoms with E-state index in [0.29, 0.717) is 17.0 Å². The number of benzene rings is 1. The standard InChI is InChI=1S/C12H13FN2O4S/c1-8-4-10(19-15-8)6-14-20(17,18)12-5-9(7-16)2-3-11(12)13/h2-5,14,16H,6-7H2,1H3. The molecule has 2 rings (SSSR count). The van der Waals surface area contributed by atoms with E-state index in [-0.39, 0.29) is 13.2 Å². The summed E-state index contributed by atoms with van der Waals surface area (Å²) in [7, 11) is -4.04. The molecule has 108 valence electrons. The number of nitrogens with zero attached hydrogens (tertiary/aromatic N) is 1. The fourth-order valence-electron chi connectivity index (χ4n) is 1.60. The minimum atomic E-state index is -4.04. The molecule has 0 atom stereocenters. The van der Waals surface area contributed by atoms with Crippen LogP contribution in [0.4, 0.5) is 4.39 Å². The second-order valence-electron chi connectivity index (χ2n) is 4.18. The highest BCUT2D eigenvalue weighted by molar-refractivity contribution is 7.89. The zero-order valence-electron chi connectivity index (χ0n) is 10.6. The lowest BCUT2D eigenvalue weighted by Gasteiger charge is -2.07. The molecule has 20 heavy (non-hydrogen) atoms. The second kappa shape index (κ2) is 5.70. The van der Waals surface area contributed by atoms with Crippen molar-refractivity contribution in [1.82, 2.24) is 9.88 Å². The third kappa shape index (κ3) is 3.21. The van der Waals surface area contributed by atoms with Crippen LogP contribution in [0.15, 0.2) is 33.7 Å². The molecule has 0 aliphatic rings. The number of aromatic nitrogens is 1. The average Bonchev–Trinajstić information content (AvgIpc) is 2.83. The molecule has 0 aliphatic carbocycles. The number of hydrogen-bond donors (Lipinski definition) is 2. The van der Waals surface area contributed by atoms with Crippen LogP contribution in [0.2, 0.25) is 0 Å². The number of rotatable bonds is 5. The summed E-state index contributed by atoms with van der Waals surface area (Å²) in [6.07, 6.45) is 0. The van der Waals surface area contributed by atoms with Crippen molar-refractivity contribution in [2.45, 2.75) is 25.0 Å². The van der Waals surface area contributed by atoms with Crippen molar-refractivity contribution in [3.05, 3.63) is 47.1 Å². The van der Waals surface area contributed by atoms with Crippen LogP contribution in [0.3, 0.4) is 0 Å². The average molecular weight is 300 g/mol. The summed E-state index contributed by atoms with van der Waals surface area (Å²) in [5.41, 5.74) is 0.926. The van der Waals surface area contributed by atoms with Crippen molar-refractivity contribution in [3.63, 3.8) is 0 Å². The third-order valence-corrected chi connectivity index (χ3v) is 4.00. The summed E-state index contributed by atoms with van der Waals surface area (Å²) in [5.74, 6) is -0.562. The molecule has 0 spiro atoms. The molecule has 1 aromatic carbocycles. The van der Waals surface area contributed by atoms with Gasteiger partial charge in [0.2, 0.25) is 10.0 Å². The Morgan fingerprint density at radius 1 is 1.40 bits per heavy atom. The van der Waals surface area contributed by atoms with Gasteiger partial charge in [-0.2, -0.15) is 0 Å². The van der Waals surface area contributed by atoms with Crippen LogP contribution in [0.1, 0.15) is 17.0 Å². The lowest BCUT2D eigenvalue weighted by molar-refractivity contribution is 0.281. The topological polar surface area (TPSA) is 92.4 Å². The van der Waals surface area contributed by atoms with E-state index in [1.54, 1.807) is 13.0 Å². The highest BCUT2D eigenvalue weighted by Gasteiger charge is 2.20. The van der Waals surface area contributed by atoms with Crippen LogP contribution < -0.4 is 4.72 Å². The number of hydrogen-bond acceptors (Lipinski definition) is 5. The Bertz CT molecular complexity index is 712. The Balaban J connectivity index is 2.21. The lowest BCUT2D eigenvalue weighted by atomic mass is 10.2. The number of halogens is 1. The summed E-state index contributed by atoms with van der Waals surface area (Å²) in [5, 5.41) is 12.6. The van der Waals surface area contributed by atoms with Crippen LogP contribution in [-0.4, -0.2) is 18.7 Å². The molecular weight excluding hydrogens is 287 g/mol. The number of sulfonamides is 1. The maximum Gasteiger partial charge on any atom is 0.243 e. The van der Waals surface area contributed by atoms with Gasteiger partial charge in [0.25, 0.3) is 0 Å². The van der Waals surface area contributed by atoms with Gasteiger partial charge in [-0.25, -0.2) is 17.5 Å². The molecule has 1 heterocycles. The number of nitrogens with one attached hydrogen (secondary N) is 1. The van der Waals surface area contributed by atoms with Gasteiger partial charge in [0.1, 0.15) is 10.7 Å². The number of aliphatic hydroxyl groups is 1. The Morgan fingerprint density at radius 3 is 2.75 bits per heavy atom. The minimum Gasteiger partial charge on any atom is -0.392 e. The smallest absolute Gasteiger partial charge is 0.243 e. The summed E-state index contributed by atoms with van der Waals surface area (Å²) >= 11 is 0. The third-order valence-electron chi connectivity index (χ3n) is 2.58. The normalized spacial score (nSPS) is 11.8. The Kier molecular flexibility index (Phi) is 4.17. The van der Waals surface area contributed by atoms with E-state index in [2.05, 4.69) is 9.88 Å². The molecule has 2 N–H and O–H groups in total. The van der Waals surface area contributed by atoms with E-state index < -0.39 is 20.7 Å². The van der Waals surface area contributed by atoms with Gasteiger partial charge in [-0.15, -0.1) is 0 Å². The Labute approximate surface area is 115 Å². The summed E-state index contributed by atoms with van der Waals surface area (Å²) in [4.78, 5) is -0.514. The highest BCUT2D eigenvalue weighted by atomic mass is 32.2. The van der Waals surface area contributed by atoms with Gasteiger partial charge < -0.3 is 9.63 Å². The zero-order valence-corrected chi connectivity index (χ0v) is 11.4. The summed E-state index contributed by atoms with van der Waals surface area (Å²) < 4.78 is 44.7. The first-order valence-corrected chi connectivity index (χ1v) is 7.22. The molecule has 0 bridgehead atoms. The summed E-state index contributed by atoms with van der Waals surface area (Å²) in [6, 6.07) is 4.97. The summed E-state index contributed by atoms with van der Waals surface area (Å²) in [6.45, 7) is 1.20. The van der Waals surface area contributed by atoms with Crippen LogP contribution in [0.5, 0.6) is 0 Å². The van der Waals surface area contributed by atoms with Crippen LogP contribution in [0.25, 0.3) is 0 Å². The van der Waals surface area contributed by atoms with Gasteiger partial charge in [-0.3, -0.25) is 0 Å². The van der Waals surface area contributed by atoms with E-state index >= 15 is 0 Å². The first-order valence-electron chi connectivity index (χ1n) is 5.73. The molecule has 0 unspecified atom stereocenters. The molecule has 2 aromatic rings. The van der Waals surface area contributed by atoms with Gasteiger partial charge in [0.05, 0.1) is 18.8 Å². The predicted octanol–water partition coefficient (Wildman–Crippen LogP) is 1.09. The van der Waals surface area contributed by atoms with Crippen LogP contribution in [0, 0.1) is 12.7 Å². The van der Waals surface area contributed by atoms with E-state index in [1.165, 1.54) is 6.07 Å². The van der Waals surface area contributed by atoms with Crippen LogP contribution in [-0.2, 0) is 23.2 Å². The number of aryl methyl sites for hydroxylation is 1. The van der Waals surface area contributed by atoms with Gasteiger partial charge in [0.15, 0.2) is 5.76 Å². The predicted molar refractivity (Wildman–Crippen MR) is 67.6 cm³/mol. The van der Waals surface area contributed by atoms with Crippen molar-refractivity contribution in [1.29, 1.82) is 0 Å². The second-order valence-corrected chi connectivity index (χ2v) is 5.92. The quantitative estimate of drug-likeness (QED) is 0.862. The monoisotopic (exact) mass is 300 g/mol. The minimum absolute atomic E-state index is 0.133. The molecule has 6 nitrogen and oxygen atoms in total.